The molecule has 0 radical (unpaired) electrons. The van der Waals surface area contributed by atoms with E-state index in [4.69, 9.17) is 5.73 Å². The molecule has 0 bridgehead atoms. The quantitative estimate of drug-likeness (QED) is 0.559. The van der Waals surface area contributed by atoms with Crippen molar-refractivity contribution in [2.24, 2.45) is 0 Å². The highest BCUT2D eigenvalue weighted by atomic mass is 32.2. The maximum absolute atomic E-state index is 13.6. The van der Waals surface area contributed by atoms with E-state index in [9.17, 15) is 17.6 Å². The molecule has 1 fully saturated rings. The van der Waals surface area contributed by atoms with E-state index in [2.05, 4.69) is 20.3 Å². The number of halogens is 1. The summed E-state index contributed by atoms with van der Waals surface area (Å²) in [6, 6.07) is 5.28. The smallest absolute Gasteiger partial charge is 0.327 e. The molecule has 0 unspecified atom stereocenters. The van der Waals surface area contributed by atoms with Gasteiger partial charge in [-0.3, -0.25) is 14.9 Å². The van der Waals surface area contributed by atoms with Crippen molar-refractivity contribution in [1.29, 1.82) is 0 Å². The van der Waals surface area contributed by atoms with Gasteiger partial charge in [-0.25, -0.2) is 22.6 Å². The molecule has 0 atom stereocenters. The van der Waals surface area contributed by atoms with Crippen LogP contribution in [0.3, 0.4) is 0 Å². The Morgan fingerprint density at radius 2 is 1.82 bits per heavy atom. The Kier molecular flexibility index (Phi) is 6.73. The predicted octanol–water partition coefficient (Wildman–Crippen LogP) is 4.03. The van der Waals surface area contributed by atoms with Crippen molar-refractivity contribution in [2.75, 3.05) is 22.2 Å². The SMILES string of the molecule is CS(=O)(=O)c1cncc(-c2ccc(N)c(N(C(=O)Nc3cncc(F)c3)C3CCCCC3)n2)c1. The van der Waals surface area contributed by atoms with Crippen molar-refractivity contribution < 1.29 is 17.6 Å². The number of nitrogen functional groups attached to an aromatic ring is 1. The Bertz CT molecular complexity index is 1310. The van der Waals surface area contributed by atoms with Gasteiger partial charge in [-0.05, 0) is 31.0 Å². The Labute approximate surface area is 197 Å². The zero-order valence-corrected chi connectivity index (χ0v) is 19.4. The van der Waals surface area contributed by atoms with Gasteiger partial charge in [0.2, 0.25) is 0 Å². The Morgan fingerprint density at radius 1 is 1.09 bits per heavy atom. The number of carbonyl (C=O) groups is 1. The van der Waals surface area contributed by atoms with Crippen LogP contribution in [0.25, 0.3) is 11.3 Å². The third-order valence-corrected chi connectivity index (χ3v) is 6.76. The molecule has 1 saturated carbocycles. The van der Waals surface area contributed by atoms with Crippen LogP contribution in [0.2, 0.25) is 0 Å². The highest BCUT2D eigenvalue weighted by Gasteiger charge is 2.30. The maximum atomic E-state index is 13.6. The summed E-state index contributed by atoms with van der Waals surface area (Å²) in [6.45, 7) is 0. The van der Waals surface area contributed by atoms with E-state index < -0.39 is 21.7 Å². The fourth-order valence-corrected chi connectivity index (χ4v) is 4.61. The first-order valence-corrected chi connectivity index (χ1v) is 12.7. The van der Waals surface area contributed by atoms with E-state index >= 15 is 0 Å². The lowest BCUT2D eigenvalue weighted by Crippen LogP contribution is -2.45. The molecule has 4 rings (SSSR count). The molecule has 1 aliphatic carbocycles. The molecule has 0 aromatic carbocycles. The minimum Gasteiger partial charge on any atom is -0.396 e. The maximum Gasteiger partial charge on any atom is 0.327 e. The summed E-state index contributed by atoms with van der Waals surface area (Å²) in [4.78, 5) is 27.4. The predicted molar refractivity (Wildman–Crippen MR) is 128 cm³/mol. The summed E-state index contributed by atoms with van der Waals surface area (Å²) in [5, 5.41) is 2.69. The average molecular weight is 485 g/mol. The Morgan fingerprint density at radius 3 is 2.53 bits per heavy atom. The molecule has 11 heteroatoms. The molecule has 0 saturated heterocycles. The first-order chi connectivity index (χ1) is 16.2. The second-order valence-electron chi connectivity index (χ2n) is 8.27. The van der Waals surface area contributed by atoms with Crippen LogP contribution >= 0.6 is 0 Å². The van der Waals surface area contributed by atoms with Gasteiger partial charge in [-0.15, -0.1) is 0 Å². The lowest BCUT2D eigenvalue weighted by atomic mass is 9.94. The standard InChI is InChI=1S/C23H25FN6O3S/c1-34(32,33)19-9-15(11-26-14-19)21-8-7-20(25)22(29-21)30(18-5-3-2-4-6-18)23(31)28-17-10-16(24)12-27-13-17/h7-14,18H,2-6,25H2,1H3,(H,28,31). The van der Waals surface area contributed by atoms with Crippen LogP contribution in [-0.2, 0) is 9.84 Å². The van der Waals surface area contributed by atoms with Gasteiger partial charge in [0.1, 0.15) is 5.82 Å². The minimum atomic E-state index is -3.46. The summed E-state index contributed by atoms with van der Waals surface area (Å²) < 4.78 is 37.5. The molecule has 3 N–H and O–H groups in total. The summed E-state index contributed by atoms with van der Waals surface area (Å²) in [5.74, 6) is -0.323. The number of anilines is 3. The van der Waals surface area contributed by atoms with Crippen molar-refractivity contribution in [3.05, 3.63) is 54.9 Å². The largest absolute Gasteiger partial charge is 0.396 e. The zero-order chi connectivity index (χ0) is 24.3. The van der Waals surface area contributed by atoms with Gasteiger partial charge in [-0.2, -0.15) is 0 Å². The number of rotatable bonds is 5. The number of nitrogens with two attached hydrogens (primary N) is 1. The lowest BCUT2D eigenvalue weighted by molar-refractivity contribution is 0.252. The molecule has 0 spiro atoms. The number of aromatic nitrogens is 3. The topological polar surface area (TPSA) is 131 Å². The Hall–Kier alpha value is -3.60. The van der Waals surface area contributed by atoms with Crippen LogP contribution < -0.4 is 16.0 Å². The Balaban J connectivity index is 1.74. The normalized spacial score (nSPS) is 14.5. The van der Waals surface area contributed by atoms with Gasteiger partial charge in [0.25, 0.3) is 0 Å². The number of carbonyl (C=O) groups excluding carboxylic acids is 1. The zero-order valence-electron chi connectivity index (χ0n) is 18.6. The van der Waals surface area contributed by atoms with Crippen LogP contribution in [0.15, 0.2) is 53.9 Å². The van der Waals surface area contributed by atoms with Crippen molar-refractivity contribution >= 4 is 33.1 Å². The van der Waals surface area contributed by atoms with Gasteiger partial charge in [-0.1, -0.05) is 19.3 Å². The average Bonchev–Trinajstić information content (AvgIpc) is 2.81. The van der Waals surface area contributed by atoms with Crippen molar-refractivity contribution in [3.63, 3.8) is 0 Å². The second-order valence-corrected chi connectivity index (χ2v) is 10.3. The van der Waals surface area contributed by atoms with Crippen LogP contribution in [0.5, 0.6) is 0 Å². The summed E-state index contributed by atoms with van der Waals surface area (Å²) in [7, 11) is -3.46. The second kappa shape index (κ2) is 9.72. The first kappa shape index (κ1) is 23.6. The van der Waals surface area contributed by atoms with Gasteiger partial charge < -0.3 is 11.1 Å². The van der Waals surface area contributed by atoms with E-state index in [1.165, 1.54) is 35.6 Å². The summed E-state index contributed by atoms with van der Waals surface area (Å²) in [6.07, 6.45) is 10.8. The van der Waals surface area contributed by atoms with Crippen LogP contribution in [0, 0.1) is 5.82 Å². The van der Waals surface area contributed by atoms with E-state index in [1.54, 1.807) is 12.1 Å². The number of sulfone groups is 1. The van der Waals surface area contributed by atoms with Gasteiger partial charge in [0.15, 0.2) is 15.7 Å². The van der Waals surface area contributed by atoms with Crippen LogP contribution in [0.4, 0.5) is 26.4 Å². The molecular formula is C23H25FN6O3S. The van der Waals surface area contributed by atoms with E-state index in [0.717, 1.165) is 44.6 Å². The number of nitrogens with zero attached hydrogens (tertiary/aromatic N) is 4. The monoisotopic (exact) mass is 484 g/mol. The number of nitrogens with one attached hydrogen (secondary N) is 1. The molecule has 0 aliphatic heterocycles. The molecule has 3 heterocycles. The highest BCUT2D eigenvalue weighted by molar-refractivity contribution is 7.90. The third kappa shape index (κ3) is 5.30. The highest BCUT2D eigenvalue weighted by Crippen LogP contribution is 2.33. The summed E-state index contributed by atoms with van der Waals surface area (Å²) in [5.41, 5.74) is 7.66. The van der Waals surface area contributed by atoms with Gasteiger partial charge >= 0.3 is 6.03 Å². The fourth-order valence-electron chi connectivity index (χ4n) is 4.01. The van der Waals surface area contributed by atoms with E-state index in [-0.39, 0.29) is 28.1 Å². The first-order valence-electron chi connectivity index (χ1n) is 10.8. The number of pyridine rings is 3. The van der Waals surface area contributed by atoms with Crippen LogP contribution in [0.1, 0.15) is 32.1 Å². The number of urea groups is 1. The molecule has 34 heavy (non-hydrogen) atoms. The molecule has 3 aromatic heterocycles. The molecular weight excluding hydrogens is 459 g/mol. The third-order valence-electron chi connectivity index (χ3n) is 5.69. The molecule has 1 aliphatic rings. The lowest BCUT2D eigenvalue weighted by Gasteiger charge is -2.34. The van der Waals surface area contributed by atoms with Crippen molar-refractivity contribution in [2.45, 2.75) is 43.0 Å². The van der Waals surface area contributed by atoms with Crippen LogP contribution in [-0.4, -0.2) is 41.7 Å². The molecule has 178 valence electrons. The minimum absolute atomic E-state index is 0.0608. The fraction of sp³-hybridized carbons (Fsp3) is 0.304. The molecule has 9 nitrogen and oxygen atoms in total. The van der Waals surface area contributed by atoms with Crippen molar-refractivity contribution in [1.82, 2.24) is 15.0 Å². The van der Waals surface area contributed by atoms with E-state index in [0.29, 0.717) is 11.3 Å². The summed E-state index contributed by atoms with van der Waals surface area (Å²) >= 11 is 0. The van der Waals surface area contributed by atoms with Gasteiger partial charge in [0.05, 0.1) is 34.4 Å². The molecule has 3 aromatic rings. The van der Waals surface area contributed by atoms with Crippen molar-refractivity contribution in [3.8, 4) is 11.3 Å². The number of hydrogen-bond acceptors (Lipinski definition) is 7. The number of hydrogen-bond donors (Lipinski definition) is 2. The number of amides is 2. The van der Waals surface area contributed by atoms with Gasteiger partial charge in [0, 0.05) is 36.3 Å². The van der Waals surface area contributed by atoms with E-state index in [1.807, 2.05) is 0 Å². The molecule has 2 amide bonds.